The van der Waals surface area contributed by atoms with Gasteiger partial charge >= 0.3 is 57.6 Å². The number of pyridine rings is 1. The van der Waals surface area contributed by atoms with Crippen LogP contribution in [-0.4, -0.2) is 60.3 Å². The molecule has 0 unspecified atom stereocenters. The van der Waals surface area contributed by atoms with Gasteiger partial charge in [0.05, 0.1) is 29.9 Å². The monoisotopic (exact) mass is 524 g/mol. The summed E-state index contributed by atoms with van der Waals surface area (Å²) in [5.74, 6) is -0.812. The van der Waals surface area contributed by atoms with Gasteiger partial charge in [-0.15, -0.1) is 0 Å². The van der Waals surface area contributed by atoms with Gasteiger partial charge in [0.2, 0.25) is 5.91 Å². The topological polar surface area (TPSA) is 77.6 Å². The third kappa shape index (κ3) is 9.22. The summed E-state index contributed by atoms with van der Waals surface area (Å²) in [4.78, 5) is 32.4. The summed E-state index contributed by atoms with van der Waals surface area (Å²) in [5, 5.41) is 5.22. The van der Waals surface area contributed by atoms with Gasteiger partial charge in [-0.25, -0.2) is 0 Å². The van der Waals surface area contributed by atoms with Crippen LogP contribution in [0, 0.1) is 12.7 Å². The number of carbonyl (C=O) groups excluding carboxylic acids is 2. The smallest absolute Gasteiger partial charge is 0.391 e. The molecule has 0 saturated heterocycles. The Labute approximate surface area is 251 Å². The summed E-state index contributed by atoms with van der Waals surface area (Å²) >= 11 is 0. The van der Waals surface area contributed by atoms with Gasteiger partial charge in [0, 0.05) is 18.4 Å². The molecule has 1 aliphatic rings. The molecule has 1 aromatic heterocycles. The van der Waals surface area contributed by atoms with E-state index >= 15 is 0 Å². The van der Waals surface area contributed by atoms with Crippen molar-refractivity contribution in [3.05, 3.63) is 77.7 Å². The number of nitrogens with zero attached hydrogens (tertiary/aromatic N) is 3. The number of aromatic nitrogens is 1. The largest absolute Gasteiger partial charge is 1.00 e. The number of benzene rings is 1. The maximum absolute atomic E-state index is 12.9. The fourth-order valence-electron chi connectivity index (χ4n) is 3.51. The molecule has 0 radical (unpaired) electrons. The molecule has 0 aliphatic carbocycles. The summed E-state index contributed by atoms with van der Waals surface area (Å²) < 4.78 is 38.7. The Morgan fingerprint density at radius 2 is 1.92 bits per heavy atom. The Balaban J connectivity index is 0.00000456. The van der Waals surface area contributed by atoms with Gasteiger partial charge in [0.15, 0.2) is 0 Å². The molecule has 0 spiro atoms. The van der Waals surface area contributed by atoms with Crippen molar-refractivity contribution in [1.29, 1.82) is 0 Å². The van der Waals surface area contributed by atoms with Gasteiger partial charge in [-0.2, -0.15) is 13.2 Å². The van der Waals surface area contributed by atoms with E-state index in [9.17, 15) is 22.8 Å². The van der Waals surface area contributed by atoms with Crippen LogP contribution in [0.15, 0.2) is 53.9 Å². The van der Waals surface area contributed by atoms with Crippen LogP contribution in [0.2, 0.25) is 0 Å². The Kier molecular flexibility index (Phi) is 11.5. The van der Waals surface area contributed by atoms with E-state index in [2.05, 4.69) is 26.6 Å². The SMILES string of the molecule is [CH-]=C(C(=O)Nc1cccc(C(F)(F)F)c1)C1=[C-]CN(Cc2cncc(NC(=O)CN(C)C)c2)CC1.[K+]. The molecule has 2 heterocycles. The molecular formula is C25H26F3KN5O2-. The summed E-state index contributed by atoms with van der Waals surface area (Å²) in [7, 11) is 3.62. The van der Waals surface area contributed by atoms with Crippen molar-refractivity contribution in [2.24, 2.45) is 0 Å². The Morgan fingerprint density at radius 1 is 1.17 bits per heavy atom. The van der Waals surface area contributed by atoms with Crippen molar-refractivity contribution in [3.63, 3.8) is 0 Å². The molecule has 186 valence electrons. The molecule has 3 rings (SSSR count). The van der Waals surface area contributed by atoms with Crippen LogP contribution in [0.5, 0.6) is 0 Å². The summed E-state index contributed by atoms with van der Waals surface area (Å²) in [6, 6.07) is 6.22. The van der Waals surface area contributed by atoms with E-state index in [-0.39, 0.29) is 75.1 Å². The molecule has 1 aromatic carbocycles. The number of amides is 2. The van der Waals surface area contributed by atoms with Crippen LogP contribution < -0.4 is 62.0 Å². The molecule has 0 atom stereocenters. The Hall–Kier alpha value is -1.86. The van der Waals surface area contributed by atoms with Gasteiger partial charge in [-0.1, -0.05) is 19.0 Å². The zero-order valence-electron chi connectivity index (χ0n) is 20.4. The van der Waals surface area contributed by atoms with Gasteiger partial charge in [-0.3, -0.25) is 15.4 Å². The predicted molar refractivity (Wildman–Crippen MR) is 126 cm³/mol. The minimum atomic E-state index is -4.51. The van der Waals surface area contributed by atoms with Crippen LogP contribution in [0.3, 0.4) is 0 Å². The van der Waals surface area contributed by atoms with Crippen LogP contribution >= 0.6 is 0 Å². The first kappa shape index (κ1) is 30.4. The molecule has 11 heteroatoms. The summed E-state index contributed by atoms with van der Waals surface area (Å²) in [6.45, 7) is 7.79. The molecular weight excluding hydrogens is 498 g/mol. The van der Waals surface area contributed by atoms with Crippen LogP contribution in [0.4, 0.5) is 24.5 Å². The molecule has 2 amide bonds. The second-order valence-electron chi connectivity index (χ2n) is 8.43. The van der Waals surface area contributed by atoms with Crippen molar-refractivity contribution in [2.75, 3.05) is 44.4 Å². The van der Waals surface area contributed by atoms with Gasteiger partial charge in [0.1, 0.15) is 0 Å². The van der Waals surface area contributed by atoms with Gasteiger partial charge in [0.25, 0.3) is 0 Å². The molecule has 2 N–H and O–H groups in total. The molecule has 0 bridgehead atoms. The van der Waals surface area contributed by atoms with Crippen molar-refractivity contribution < 1.29 is 74.1 Å². The van der Waals surface area contributed by atoms with E-state index < -0.39 is 17.6 Å². The van der Waals surface area contributed by atoms with Crippen molar-refractivity contribution in [3.8, 4) is 0 Å². The molecule has 0 saturated carbocycles. The first-order chi connectivity index (χ1) is 16.5. The van der Waals surface area contributed by atoms with Crippen molar-refractivity contribution >= 4 is 23.2 Å². The van der Waals surface area contributed by atoms with E-state index in [1.54, 1.807) is 17.3 Å². The van der Waals surface area contributed by atoms with Crippen molar-refractivity contribution in [2.45, 2.75) is 19.1 Å². The average molecular weight is 525 g/mol. The second-order valence-corrected chi connectivity index (χ2v) is 8.43. The van der Waals surface area contributed by atoms with Gasteiger partial charge in [-0.05, 0) is 50.5 Å². The predicted octanol–water partition coefficient (Wildman–Crippen LogP) is 0.538. The van der Waals surface area contributed by atoms with E-state index in [1.807, 2.05) is 20.2 Å². The van der Waals surface area contributed by atoms with E-state index in [0.29, 0.717) is 37.3 Å². The number of hydrogen-bond donors (Lipinski definition) is 2. The molecule has 7 nitrogen and oxygen atoms in total. The third-order valence-corrected chi connectivity index (χ3v) is 5.16. The number of rotatable bonds is 8. The number of hydrogen-bond acceptors (Lipinski definition) is 5. The average Bonchev–Trinajstić information content (AvgIpc) is 2.78. The minimum absolute atomic E-state index is 0. The fourth-order valence-corrected chi connectivity index (χ4v) is 3.51. The zero-order valence-corrected chi connectivity index (χ0v) is 23.6. The molecule has 36 heavy (non-hydrogen) atoms. The maximum Gasteiger partial charge on any atom is 1.00 e. The van der Waals surface area contributed by atoms with E-state index in [4.69, 9.17) is 6.58 Å². The molecule has 0 fully saturated rings. The van der Waals surface area contributed by atoms with E-state index in [1.165, 1.54) is 12.1 Å². The van der Waals surface area contributed by atoms with Crippen LogP contribution in [-0.2, 0) is 22.3 Å². The second kappa shape index (κ2) is 13.6. The minimum Gasteiger partial charge on any atom is -0.391 e. The Morgan fingerprint density at radius 3 is 2.56 bits per heavy atom. The van der Waals surface area contributed by atoms with Gasteiger partial charge < -0.3 is 43.5 Å². The number of carbonyl (C=O) groups is 2. The van der Waals surface area contributed by atoms with Crippen LogP contribution in [0.1, 0.15) is 17.5 Å². The van der Waals surface area contributed by atoms with Crippen molar-refractivity contribution in [1.82, 2.24) is 14.8 Å². The van der Waals surface area contributed by atoms with E-state index in [0.717, 1.165) is 17.7 Å². The third-order valence-electron chi connectivity index (χ3n) is 5.16. The summed E-state index contributed by atoms with van der Waals surface area (Å²) in [5.41, 5.74) is 1.11. The Bertz CT molecular complexity index is 1130. The first-order valence-corrected chi connectivity index (χ1v) is 10.8. The fraction of sp³-hybridized carbons (Fsp3) is 0.320. The molecule has 1 aliphatic heterocycles. The van der Waals surface area contributed by atoms with Crippen LogP contribution in [0.25, 0.3) is 0 Å². The maximum atomic E-state index is 12.9. The number of likely N-dealkylation sites (N-methyl/N-ethyl adjacent to an activating group) is 1. The first-order valence-electron chi connectivity index (χ1n) is 10.8. The summed E-state index contributed by atoms with van der Waals surface area (Å²) in [6.07, 6.45) is 2.34. The quantitative estimate of drug-likeness (QED) is 0.300. The number of halogens is 3. The standard InChI is InChI=1S/C25H26F3N5O2.K/c1-17(24(35)31-21-6-4-5-20(12-21)25(26,27)28)19-7-9-33(10-8-19)15-18-11-22(14-29-13-18)30-23(34)16-32(2)3;/h1,4-6,11-14H,7,9-10,15-16H2,2-3H3,(H,30,34)(H,31,35);/q-2;+1. The number of alkyl halides is 3. The number of nitrogens with one attached hydrogen (secondary N) is 2. The zero-order chi connectivity index (χ0) is 25.6. The molecule has 2 aromatic rings. The normalized spacial score (nSPS) is 14.0. The number of anilines is 2.